The molecule has 1 aliphatic heterocycles. The number of carbonyl (C=O) groups is 4. The summed E-state index contributed by atoms with van der Waals surface area (Å²) < 4.78 is 0. The van der Waals surface area contributed by atoms with Crippen LogP contribution in [0.3, 0.4) is 0 Å². The molecule has 1 heterocycles. The molecule has 0 bridgehead atoms. The fraction of sp³-hybridized carbons (Fsp3) is 0.524. The third-order valence-corrected chi connectivity index (χ3v) is 5.99. The third-order valence-electron chi connectivity index (χ3n) is 5.99. The maximum Gasteiger partial charge on any atom is 0.325 e. The molecule has 154 valence electrons. The third kappa shape index (κ3) is 3.97. The van der Waals surface area contributed by atoms with Gasteiger partial charge in [0.1, 0.15) is 5.54 Å². The first kappa shape index (κ1) is 19.4. The van der Waals surface area contributed by atoms with Crippen molar-refractivity contribution >= 4 is 35.1 Å². The van der Waals surface area contributed by atoms with Gasteiger partial charge >= 0.3 is 6.03 Å². The molecule has 2 aliphatic carbocycles. The van der Waals surface area contributed by atoms with Crippen LogP contribution in [0.25, 0.3) is 0 Å². The van der Waals surface area contributed by atoms with Crippen LogP contribution < -0.4 is 16.0 Å². The maximum atomic E-state index is 12.6. The predicted octanol–water partition coefficient (Wildman–Crippen LogP) is 2.54. The van der Waals surface area contributed by atoms with Gasteiger partial charge in [-0.25, -0.2) is 4.79 Å². The number of nitrogens with zero attached hydrogens (tertiary/aromatic N) is 1. The van der Waals surface area contributed by atoms with Gasteiger partial charge in [-0.3, -0.25) is 19.3 Å². The number of rotatable bonds is 6. The number of imide groups is 1. The Morgan fingerprint density at radius 3 is 2.59 bits per heavy atom. The molecule has 1 spiro atoms. The first-order valence-electron chi connectivity index (χ1n) is 10.2. The minimum atomic E-state index is -0.752. The normalized spacial score (nSPS) is 20.1. The van der Waals surface area contributed by atoms with Gasteiger partial charge in [0.25, 0.3) is 5.91 Å². The van der Waals surface area contributed by atoms with E-state index in [0.29, 0.717) is 24.2 Å². The molecule has 1 aromatic carbocycles. The number of aryl methyl sites for hydroxylation is 1. The Bertz CT molecular complexity index is 871. The molecule has 29 heavy (non-hydrogen) atoms. The molecule has 3 fully saturated rings. The van der Waals surface area contributed by atoms with E-state index in [-0.39, 0.29) is 36.6 Å². The molecule has 5 amide bonds. The van der Waals surface area contributed by atoms with Crippen molar-refractivity contribution in [3.63, 3.8) is 0 Å². The highest BCUT2D eigenvalue weighted by Crippen LogP contribution is 2.35. The summed E-state index contributed by atoms with van der Waals surface area (Å²) in [4.78, 5) is 50.4. The van der Waals surface area contributed by atoms with Gasteiger partial charge in [-0.05, 0) is 50.3 Å². The van der Waals surface area contributed by atoms with Crippen molar-refractivity contribution < 1.29 is 19.2 Å². The summed E-state index contributed by atoms with van der Waals surface area (Å²) >= 11 is 0. The Morgan fingerprint density at radius 2 is 1.90 bits per heavy atom. The van der Waals surface area contributed by atoms with Crippen LogP contribution >= 0.6 is 0 Å². The van der Waals surface area contributed by atoms with Gasteiger partial charge in [-0.1, -0.05) is 18.9 Å². The molecule has 2 saturated carbocycles. The van der Waals surface area contributed by atoms with Crippen LogP contribution in [-0.2, 0) is 14.4 Å². The highest BCUT2D eigenvalue weighted by molar-refractivity contribution is 6.07. The summed E-state index contributed by atoms with van der Waals surface area (Å²) in [5, 5.41) is 8.51. The van der Waals surface area contributed by atoms with E-state index in [4.69, 9.17) is 0 Å². The largest absolute Gasteiger partial charge is 0.326 e. The van der Waals surface area contributed by atoms with Crippen LogP contribution in [0.4, 0.5) is 16.2 Å². The topological polar surface area (TPSA) is 108 Å². The van der Waals surface area contributed by atoms with Gasteiger partial charge < -0.3 is 16.0 Å². The van der Waals surface area contributed by atoms with Crippen molar-refractivity contribution in [2.24, 2.45) is 5.92 Å². The number of anilines is 2. The van der Waals surface area contributed by atoms with E-state index in [0.717, 1.165) is 36.1 Å². The van der Waals surface area contributed by atoms with E-state index >= 15 is 0 Å². The summed E-state index contributed by atoms with van der Waals surface area (Å²) in [7, 11) is 0. The second-order valence-electron chi connectivity index (χ2n) is 8.27. The van der Waals surface area contributed by atoms with Crippen molar-refractivity contribution in [2.45, 2.75) is 57.4 Å². The average molecular weight is 398 g/mol. The van der Waals surface area contributed by atoms with Crippen molar-refractivity contribution in [1.29, 1.82) is 0 Å². The van der Waals surface area contributed by atoms with Gasteiger partial charge in [-0.15, -0.1) is 0 Å². The Hall–Kier alpha value is -2.90. The molecule has 0 unspecified atom stereocenters. The van der Waals surface area contributed by atoms with Gasteiger partial charge in [0.2, 0.25) is 11.8 Å². The second kappa shape index (κ2) is 7.50. The van der Waals surface area contributed by atoms with Crippen LogP contribution in [0.1, 0.15) is 50.5 Å². The summed E-state index contributed by atoms with van der Waals surface area (Å²) in [6, 6.07) is 4.96. The lowest BCUT2D eigenvalue weighted by atomic mass is 9.98. The molecule has 1 aromatic rings. The highest BCUT2D eigenvalue weighted by atomic mass is 16.2. The van der Waals surface area contributed by atoms with Crippen LogP contribution in [-0.4, -0.2) is 40.7 Å². The van der Waals surface area contributed by atoms with Crippen LogP contribution in [0.2, 0.25) is 0 Å². The van der Waals surface area contributed by atoms with Crippen molar-refractivity contribution in [2.75, 3.05) is 17.2 Å². The molecule has 3 N–H and O–H groups in total. The molecule has 0 radical (unpaired) electrons. The van der Waals surface area contributed by atoms with Crippen molar-refractivity contribution in [3.8, 4) is 0 Å². The monoisotopic (exact) mass is 398 g/mol. The lowest BCUT2D eigenvalue weighted by Crippen LogP contribution is -2.44. The molecular formula is C21H26N4O4. The summed E-state index contributed by atoms with van der Waals surface area (Å²) in [5.74, 6) is -0.396. The minimum absolute atomic E-state index is 0.00512. The van der Waals surface area contributed by atoms with Crippen LogP contribution in [0.5, 0.6) is 0 Å². The number of hydrogen-bond donors (Lipinski definition) is 3. The molecular weight excluding hydrogens is 372 g/mol. The first-order chi connectivity index (χ1) is 13.9. The smallest absolute Gasteiger partial charge is 0.325 e. The Labute approximate surface area is 169 Å². The zero-order valence-corrected chi connectivity index (χ0v) is 16.5. The Morgan fingerprint density at radius 1 is 1.17 bits per heavy atom. The molecule has 8 nitrogen and oxygen atoms in total. The van der Waals surface area contributed by atoms with Crippen molar-refractivity contribution in [3.05, 3.63) is 23.8 Å². The lowest BCUT2D eigenvalue weighted by molar-refractivity contribution is -0.131. The van der Waals surface area contributed by atoms with Gasteiger partial charge in [0, 0.05) is 30.3 Å². The van der Waals surface area contributed by atoms with Gasteiger partial charge in [0.15, 0.2) is 0 Å². The molecule has 1 saturated heterocycles. The molecule has 4 rings (SSSR count). The quantitative estimate of drug-likeness (QED) is 0.640. The number of benzene rings is 1. The predicted molar refractivity (Wildman–Crippen MR) is 107 cm³/mol. The summed E-state index contributed by atoms with van der Waals surface area (Å²) in [5.41, 5.74) is 1.36. The second-order valence-corrected chi connectivity index (χ2v) is 8.27. The first-order valence-corrected chi connectivity index (χ1v) is 10.2. The molecule has 0 aromatic heterocycles. The minimum Gasteiger partial charge on any atom is -0.326 e. The van der Waals surface area contributed by atoms with E-state index in [1.165, 1.54) is 0 Å². The maximum absolute atomic E-state index is 12.6. The lowest BCUT2D eigenvalue weighted by Gasteiger charge is -2.20. The number of amides is 5. The zero-order chi connectivity index (χ0) is 20.6. The van der Waals surface area contributed by atoms with E-state index in [1.54, 1.807) is 12.1 Å². The SMILES string of the molecule is Cc1ccc(NC(=O)C2CC2)cc1NC(=O)CCN1C(=O)NC2(CCCC2)C1=O. The average Bonchev–Trinajstić information content (AvgIpc) is 3.39. The Kier molecular flexibility index (Phi) is 5.02. The summed E-state index contributed by atoms with van der Waals surface area (Å²) in [6.07, 6.45) is 5.04. The molecule has 3 aliphatic rings. The van der Waals surface area contributed by atoms with Gasteiger partial charge in [0.05, 0.1) is 0 Å². The molecule has 0 atom stereocenters. The number of hydrogen-bond acceptors (Lipinski definition) is 4. The van der Waals surface area contributed by atoms with Gasteiger partial charge in [-0.2, -0.15) is 0 Å². The number of nitrogens with one attached hydrogen (secondary N) is 3. The standard InChI is InChI=1S/C21H26N4O4/c1-13-4-7-15(22-18(27)14-5-6-14)12-16(13)23-17(26)8-11-25-19(28)21(24-20(25)29)9-2-3-10-21/h4,7,12,14H,2-3,5-6,8-11H2,1H3,(H,22,27)(H,23,26)(H,24,29). The summed E-state index contributed by atoms with van der Waals surface area (Å²) in [6.45, 7) is 1.92. The number of urea groups is 1. The van der Waals surface area contributed by atoms with E-state index in [1.807, 2.05) is 13.0 Å². The fourth-order valence-corrected chi connectivity index (χ4v) is 4.05. The Balaban J connectivity index is 1.34. The van der Waals surface area contributed by atoms with Crippen molar-refractivity contribution in [1.82, 2.24) is 10.2 Å². The fourth-order valence-electron chi connectivity index (χ4n) is 4.05. The van der Waals surface area contributed by atoms with Crippen LogP contribution in [0.15, 0.2) is 18.2 Å². The highest BCUT2D eigenvalue weighted by Gasteiger charge is 2.52. The zero-order valence-electron chi connectivity index (χ0n) is 16.5. The molecule has 8 heteroatoms. The van der Waals surface area contributed by atoms with E-state index < -0.39 is 11.6 Å². The van der Waals surface area contributed by atoms with E-state index in [9.17, 15) is 19.2 Å². The van der Waals surface area contributed by atoms with E-state index in [2.05, 4.69) is 16.0 Å². The van der Waals surface area contributed by atoms with Crippen LogP contribution in [0, 0.1) is 12.8 Å². The number of carbonyl (C=O) groups excluding carboxylic acids is 4.